The summed E-state index contributed by atoms with van der Waals surface area (Å²) in [6, 6.07) is 0.281. The number of hydrogen-bond acceptors (Lipinski definition) is 8. The van der Waals surface area contributed by atoms with Gasteiger partial charge in [-0.25, -0.2) is 4.98 Å². The zero-order valence-electron chi connectivity index (χ0n) is 21.9. The van der Waals surface area contributed by atoms with Gasteiger partial charge in [0, 0.05) is 38.6 Å². The second-order valence-corrected chi connectivity index (χ2v) is 10.5. The van der Waals surface area contributed by atoms with Crippen LogP contribution in [-0.4, -0.2) is 87.4 Å². The minimum Gasteiger partial charge on any atom is -0.369 e. The lowest BCUT2D eigenvalue weighted by Gasteiger charge is -2.28. The van der Waals surface area contributed by atoms with Crippen LogP contribution in [0.4, 0.5) is 30.6 Å². The van der Waals surface area contributed by atoms with Gasteiger partial charge in [-0.1, -0.05) is 0 Å². The quantitative estimate of drug-likeness (QED) is 0.494. The van der Waals surface area contributed by atoms with Gasteiger partial charge in [0.1, 0.15) is 17.0 Å². The molecule has 3 aliphatic rings. The Labute approximate surface area is 219 Å². The summed E-state index contributed by atoms with van der Waals surface area (Å²) in [5, 5.41) is 10.5. The summed E-state index contributed by atoms with van der Waals surface area (Å²) in [6.45, 7) is 5.66. The molecule has 3 fully saturated rings. The van der Waals surface area contributed by atoms with Gasteiger partial charge < -0.3 is 25.2 Å². The molecule has 38 heavy (non-hydrogen) atoms. The molecule has 1 aliphatic carbocycles. The monoisotopic (exact) mass is 536 g/mol. The van der Waals surface area contributed by atoms with E-state index in [0.29, 0.717) is 31.8 Å². The number of nitrogens with zero attached hydrogens (tertiary/aromatic N) is 6. The molecule has 2 N–H and O–H groups in total. The Morgan fingerprint density at radius 1 is 1.21 bits per heavy atom. The highest BCUT2D eigenvalue weighted by Gasteiger charge is 2.54. The standard InChI is InChI=1S/C25H35F3N8O2/c1-17-20(16-36(33-17)18-5-12-34(2)13-6-18)31-23-30-15-19(25(26,27)28)21(32-23)29-9-3-10-35-11-4-14-38-24(7-8-24)22(35)37/h15-16,18H,3-14H2,1-2H3,(H2,29,30,31,32). The molecule has 2 aromatic heterocycles. The normalized spacial score (nSPS) is 20.6. The maximum atomic E-state index is 13.7. The molecule has 0 atom stereocenters. The number of carbonyl (C=O) groups excluding carboxylic acids is 1. The van der Waals surface area contributed by atoms with Crippen LogP contribution >= 0.6 is 0 Å². The SMILES string of the molecule is Cc1nn(C2CCN(C)CC2)cc1Nc1ncc(C(F)(F)F)c(NCCCN2CCCOC3(CC3)C2=O)n1. The zero-order valence-corrected chi connectivity index (χ0v) is 21.9. The van der Waals surface area contributed by atoms with Crippen molar-refractivity contribution in [2.75, 3.05) is 57.0 Å². The van der Waals surface area contributed by atoms with Crippen molar-refractivity contribution >= 4 is 23.4 Å². The Morgan fingerprint density at radius 3 is 2.68 bits per heavy atom. The third-order valence-corrected chi connectivity index (χ3v) is 7.55. The average Bonchev–Trinajstić information content (AvgIpc) is 3.61. The van der Waals surface area contributed by atoms with Crippen LogP contribution in [0.1, 0.15) is 55.8 Å². The summed E-state index contributed by atoms with van der Waals surface area (Å²) < 4.78 is 48.7. The lowest BCUT2D eigenvalue weighted by Crippen LogP contribution is -2.41. The molecule has 2 aliphatic heterocycles. The first kappa shape index (κ1) is 26.7. The van der Waals surface area contributed by atoms with Gasteiger partial charge in [0.05, 0.1) is 17.4 Å². The largest absolute Gasteiger partial charge is 0.421 e. The lowest BCUT2D eigenvalue weighted by atomic mass is 10.1. The van der Waals surface area contributed by atoms with Crippen molar-refractivity contribution in [3.63, 3.8) is 0 Å². The number of hydrogen-bond donors (Lipinski definition) is 2. The fourth-order valence-electron chi connectivity index (χ4n) is 5.09. The van der Waals surface area contributed by atoms with E-state index >= 15 is 0 Å². The van der Waals surface area contributed by atoms with Gasteiger partial charge in [-0.3, -0.25) is 9.48 Å². The van der Waals surface area contributed by atoms with Crippen LogP contribution in [0, 0.1) is 6.92 Å². The second kappa shape index (κ2) is 10.7. The van der Waals surface area contributed by atoms with Crippen LogP contribution in [0.5, 0.6) is 0 Å². The third kappa shape index (κ3) is 5.88. The molecule has 2 saturated heterocycles. The van der Waals surface area contributed by atoms with Crippen molar-refractivity contribution in [1.82, 2.24) is 29.5 Å². The molecule has 1 amide bonds. The molecule has 5 rings (SSSR count). The summed E-state index contributed by atoms with van der Waals surface area (Å²) in [4.78, 5) is 24.9. The van der Waals surface area contributed by atoms with Crippen molar-refractivity contribution in [1.29, 1.82) is 0 Å². The van der Waals surface area contributed by atoms with Gasteiger partial charge in [0.2, 0.25) is 5.95 Å². The average molecular weight is 537 g/mol. The molecule has 0 radical (unpaired) electrons. The van der Waals surface area contributed by atoms with Crippen molar-refractivity contribution in [2.24, 2.45) is 0 Å². The maximum Gasteiger partial charge on any atom is 0.421 e. The van der Waals surface area contributed by atoms with Crippen LogP contribution < -0.4 is 10.6 Å². The third-order valence-electron chi connectivity index (χ3n) is 7.55. The number of aryl methyl sites for hydroxylation is 1. The van der Waals surface area contributed by atoms with Crippen LogP contribution in [0.25, 0.3) is 0 Å². The molecule has 0 aromatic carbocycles. The molecule has 0 bridgehead atoms. The minimum atomic E-state index is -4.60. The molecule has 208 valence electrons. The van der Waals surface area contributed by atoms with E-state index < -0.39 is 17.3 Å². The van der Waals surface area contributed by atoms with Crippen LogP contribution in [0.15, 0.2) is 12.4 Å². The van der Waals surface area contributed by atoms with E-state index in [0.717, 1.165) is 57.1 Å². The highest BCUT2D eigenvalue weighted by Crippen LogP contribution is 2.42. The van der Waals surface area contributed by atoms with Crippen molar-refractivity contribution in [2.45, 2.75) is 63.3 Å². The number of anilines is 3. The summed E-state index contributed by atoms with van der Waals surface area (Å²) >= 11 is 0. The smallest absolute Gasteiger partial charge is 0.369 e. The number of nitrogens with one attached hydrogen (secondary N) is 2. The van der Waals surface area contributed by atoms with Crippen LogP contribution in [0.2, 0.25) is 0 Å². The summed E-state index contributed by atoms with van der Waals surface area (Å²) in [5.41, 5.74) is -0.204. The summed E-state index contributed by atoms with van der Waals surface area (Å²) in [5.74, 6) is -0.239. The maximum absolute atomic E-state index is 13.7. The second-order valence-electron chi connectivity index (χ2n) is 10.5. The molecule has 0 unspecified atom stereocenters. The van der Waals surface area contributed by atoms with Gasteiger partial charge >= 0.3 is 6.18 Å². The van der Waals surface area contributed by atoms with Crippen LogP contribution in [-0.2, 0) is 15.7 Å². The number of alkyl halides is 3. The first-order valence-corrected chi connectivity index (χ1v) is 13.3. The zero-order chi connectivity index (χ0) is 26.9. The lowest BCUT2D eigenvalue weighted by molar-refractivity contribution is -0.143. The Bertz CT molecular complexity index is 1140. The van der Waals surface area contributed by atoms with E-state index in [2.05, 4.69) is 37.6 Å². The topological polar surface area (TPSA) is 100 Å². The van der Waals surface area contributed by atoms with Gasteiger partial charge in [0.15, 0.2) is 0 Å². The van der Waals surface area contributed by atoms with Crippen molar-refractivity contribution in [3.8, 4) is 0 Å². The number of aromatic nitrogens is 4. The van der Waals surface area contributed by atoms with E-state index in [1.807, 2.05) is 17.8 Å². The summed E-state index contributed by atoms with van der Waals surface area (Å²) in [6.07, 6.45) is 2.74. The fraction of sp³-hybridized carbons (Fsp3) is 0.680. The number of halogens is 3. The van der Waals surface area contributed by atoms with E-state index in [1.165, 1.54) is 0 Å². The van der Waals surface area contributed by atoms with Gasteiger partial charge in [0.25, 0.3) is 5.91 Å². The van der Waals surface area contributed by atoms with E-state index in [9.17, 15) is 18.0 Å². The number of likely N-dealkylation sites (tertiary alicyclic amines) is 1. The Kier molecular flexibility index (Phi) is 7.49. The predicted octanol–water partition coefficient (Wildman–Crippen LogP) is 3.59. The summed E-state index contributed by atoms with van der Waals surface area (Å²) in [7, 11) is 2.09. The Hall–Kier alpha value is -2.93. The number of rotatable bonds is 8. The van der Waals surface area contributed by atoms with Gasteiger partial charge in [-0.15, -0.1) is 0 Å². The molecule has 4 heterocycles. The molecule has 2 aromatic rings. The number of ether oxygens (including phenoxy) is 1. The molecular weight excluding hydrogens is 501 g/mol. The molecule has 1 spiro atoms. The van der Waals surface area contributed by atoms with Gasteiger partial charge in [-0.2, -0.15) is 23.3 Å². The molecule has 1 saturated carbocycles. The highest BCUT2D eigenvalue weighted by molar-refractivity contribution is 5.88. The predicted molar refractivity (Wildman–Crippen MR) is 135 cm³/mol. The number of amides is 1. The Balaban J connectivity index is 1.23. The molecular formula is C25H35F3N8O2. The first-order chi connectivity index (χ1) is 18.1. The fourth-order valence-corrected chi connectivity index (χ4v) is 5.09. The molecule has 10 nitrogen and oxygen atoms in total. The van der Waals surface area contributed by atoms with E-state index in [-0.39, 0.29) is 30.3 Å². The number of carbonyl (C=O) groups is 1. The van der Waals surface area contributed by atoms with Crippen molar-refractivity contribution < 1.29 is 22.7 Å². The minimum absolute atomic E-state index is 0.00401. The van der Waals surface area contributed by atoms with E-state index in [1.54, 1.807) is 4.90 Å². The first-order valence-electron chi connectivity index (χ1n) is 13.3. The number of piperidine rings is 1. The van der Waals surface area contributed by atoms with Crippen molar-refractivity contribution in [3.05, 3.63) is 23.7 Å². The Morgan fingerprint density at radius 2 is 1.97 bits per heavy atom. The van der Waals surface area contributed by atoms with Crippen LogP contribution in [0.3, 0.4) is 0 Å². The van der Waals surface area contributed by atoms with E-state index in [4.69, 9.17) is 4.74 Å². The van der Waals surface area contributed by atoms with Gasteiger partial charge in [-0.05, 0) is 65.6 Å². The molecule has 13 heteroatoms. The highest BCUT2D eigenvalue weighted by atomic mass is 19.4.